The molecular weight excluding hydrogens is 297 g/mol. The average Bonchev–Trinajstić information content (AvgIpc) is 2.51. The van der Waals surface area contributed by atoms with Crippen molar-refractivity contribution in [2.24, 2.45) is 5.21 Å². The molecule has 7 nitrogen and oxygen atoms in total. The molecule has 1 heterocycles. The third-order valence-electron chi connectivity index (χ3n) is 2.86. The molecule has 0 aromatic carbocycles. The van der Waals surface area contributed by atoms with Crippen LogP contribution in [0.2, 0.25) is 0 Å². The number of halogens is 1. The quantitative estimate of drug-likeness (QED) is 0.315. The summed E-state index contributed by atoms with van der Waals surface area (Å²) in [4.78, 5) is 8.21. The molecule has 0 spiro atoms. The van der Waals surface area contributed by atoms with E-state index in [1.54, 1.807) is 13.0 Å². The molecule has 1 aromatic rings. The Labute approximate surface area is 135 Å². The summed E-state index contributed by atoms with van der Waals surface area (Å²) in [6.07, 6.45) is 7.69. The van der Waals surface area contributed by atoms with E-state index in [1.807, 2.05) is 19.1 Å². The minimum absolute atomic E-state index is 0.227. The van der Waals surface area contributed by atoms with Gasteiger partial charge < -0.3 is 21.8 Å². The van der Waals surface area contributed by atoms with Gasteiger partial charge >= 0.3 is 0 Å². The molecule has 5 N–H and O–H groups in total. The van der Waals surface area contributed by atoms with Crippen molar-refractivity contribution in [1.29, 1.82) is 5.41 Å². The fourth-order valence-corrected chi connectivity index (χ4v) is 1.76. The van der Waals surface area contributed by atoms with Crippen LogP contribution in [-0.2, 0) is 0 Å². The van der Waals surface area contributed by atoms with E-state index >= 15 is 0 Å². The zero-order valence-corrected chi connectivity index (χ0v) is 13.3. The molecule has 0 aliphatic carbocycles. The van der Waals surface area contributed by atoms with Gasteiger partial charge in [-0.25, -0.2) is 9.97 Å². The number of nitrogens with zero attached hydrogens (tertiary/aromatic N) is 3. The molecule has 0 fully saturated rings. The summed E-state index contributed by atoms with van der Waals surface area (Å²) < 4.78 is 12.3. The molecule has 0 aliphatic heterocycles. The first-order valence-electron chi connectivity index (χ1n) is 7.21. The van der Waals surface area contributed by atoms with Gasteiger partial charge in [-0.1, -0.05) is 34.8 Å². The standard InChI is InChI=1S/C15H22FN7/c1-3-19-7-5-4-6-12(10-21-16)9-20-15-13(8-17)14(18)22-11(2)23-15/h4-6,8,10,17,19H,3,7,9H2,1-2H3,(H3,18,20,22,23)/b5-4+,12-6-,17-8?,21-10?. The van der Waals surface area contributed by atoms with Crippen LogP contribution in [0, 0.1) is 12.3 Å². The molecule has 0 radical (unpaired) electrons. The predicted octanol–water partition coefficient (Wildman–Crippen LogP) is 1.82. The Kier molecular flexibility index (Phi) is 8.16. The molecule has 0 unspecified atom stereocenters. The molecule has 0 saturated carbocycles. The topological polar surface area (TPSA) is 112 Å². The Morgan fingerprint density at radius 2 is 2.22 bits per heavy atom. The van der Waals surface area contributed by atoms with Gasteiger partial charge in [0.15, 0.2) is 0 Å². The average molecular weight is 319 g/mol. The first-order valence-corrected chi connectivity index (χ1v) is 7.21. The van der Waals surface area contributed by atoms with Gasteiger partial charge in [0.2, 0.25) is 0 Å². The largest absolute Gasteiger partial charge is 0.383 e. The third-order valence-corrected chi connectivity index (χ3v) is 2.86. The lowest BCUT2D eigenvalue weighted by atomic mass is 10.2. The fourth-order valence-electron chi connectivity index (χ4n) is 1.76. The first-order chi connectivity index (χ1) is 11.1. The van der Waals surface area contributed by atoms with Gasteiger partial charge in [0.1, 0.15) is 17.5 Å². The van der Waals surface area contributed by atoms with Crippen LogP contribution in [0.25, 0.3) is 0 Å². The number of likely N-dealkylation sites (N-methyl/N-ethyl adjacent to an activating group) is 1. The van der Waals surface area contributed by atoms with Crippen molar-refractivity contribution in [3.63, 3.8) is 0 Å². The van der Waals surface area contributed by atoms with Crippen molar-refractivity contribution in [1.82, 2.24) is 15.3 Å². The van der Waals surface area contributed by atoms with Gasteiger partial charge in [0, 0.05) is 19.3 Å². The number of rotatable bonds is 9. The lowest BCUT2D eigenvalue weighted by Crippen LogP contribution is -2.13. The summed E-state index contributed by atoms with van der Waals surface area (Å²) in [7, 11) is 0. The van der Waals surface area contributed by atoms with Crippen LogP contribution in [0.15, 0.2) is 29.0 Å². The molecule has 0 atom stereocenters. The Morgan fingerprint density at radius 3 is 2.87 bits per heavy atom. The minimum atomic E-state index is 0.227. The highest BCUT2D eigenvalue weighted by Crippen LogP contribution is 2.16. The van der Waals surface area contributed by atoms with Crippen LogP contribution < -0.4 is 16.4 Å². The van der Waals surface area contributed by atoms with Gasteiger partial charge in [-0.15, -0.1) is 0 Å². The summed E-state index contributed by atoms with van der Waals surface area (Å²) in [5.74, 6) is 1.15. The zero-order valence-electron chi connectivity index (χ0n) is 13.3. The fraction of sp³-hybridized carbons (Fsp3) is 0.333. The summed E-state index contributed by atoms with van der Waals surface area (Å²) in [5, 5.41) is 16.1. The van der Waals surface area contributed by atoms with Crippen LogP contribution in [0.5, 0.6) is 0 Å². The maximum Gasteiger partial charge on any atom is 0.140 e. The molecule has 0 saturated heterocycles. The predicted molar refractivity (Wildman–Crippen MR) is 92.9 cm³/mol. The minimum Gasteiger partial charge on any atom is -0.383 e. The number of nitrogens with two attached hydrogens (primary N) is 1. The Hall–Kier alpha value is -2.61. The Morgan fingerprint density at radius 1 is 1.43 bits per heavy atom. The third kappa shape index (κ3) is 6.35. The monoisotopic (exact) mass is 319 g/mol. The molecule has 0 aliphatic rings. The number of nitrogens with one attached hydrogen (secondary N) is 3. The van der Waals surface area contributed by atoms with Gasteiger partial charge in [-0.2, -0.15) is 0 Å². The van der Waals surface area contributed by atoms with E-state index in [0.29, 0.717) is 22.8 Å². The van der Waals surface area contributed by atoms with Crippen LogP contribution in [0.1, 0.15) is 18.3 Å². The lowest BCUT2D eigenvalue weighted by Gasteiger charge is -2.10. The van der Waals surface area contributed by atoms with Crippen molar-refractivity contribution in [3.8, 4) is 0 Å². The van der Waals surface area contributed by atoms with Crippen LogP contribution in [0.4, 0.5) is 16.1 Å². The van der Waals surface area contributed by atoms with Crippen molar-refractivity contribution < 1.29 is 4.48 Å². The second kappa shape index (κ2) is 10.2. The number of anilines is 2. The molecular formula is C15H22FN7. The highest BCUT2D eigenvalue weighted by molar-refractivity contribution is 5.90. The number of aromatic nitrogens is 2. The number of hydrogen-bond donors (Lipinski definition) is 4. The summed E-state index contributed by atoms with van der Waals surface area (Å²) in [5.41, 5.74) is 6.78. The Bertz CT molecular complexity index is 608. The molecule has 1 aromatic heterocycles. The number of allylic oxidation sites excluding steroid dienone is 2. The second-order valence-corrected chi connectivity index (χ2v) is 4.62. The summed E-state index contributed by atoms with van der Waals surface area (Å²) in [6.45, 7) is 5.63. The molecule has 23 heavy (non-hydrogen) atoms. The lowest BCUT2D eigenvalue weighted by molar-refractivity contribution is 0.541. The highest BCUT2D eigenvalue weighted by atomic mass is 19.2. The van der Waals surface area contributed by atoms with E-state index in [2.05, 4.69) is 25.8 Å². The maximum atomic E-state index is 12.3. The SMILES string of the molecule is CCNC/C=C/C=C(\C=NF)CNc1nc(C)nc(N)c1C=N. The van der Waals surface area contributed by atoms with Crippen molar-refractivity contribution in [2.45, 2.75) is 13.8 Å². The second-order valence-electron chi connectivity index (χ2n) is 4.62. The van der Waals surface area contributed by atoms with Crippen LogP contribution in [-0.4, -0.2) is 42.0 Å². The van der Waals surface area contributed by atoms with Crippen molar-refractivity contribution >= 4 is 24.1 Å². The first kappa shape index (κ1) is 18.4. The smallest absolute Gasteiger partial charge is 0.140 e. The molecule has 1 rings (SSSR count). The Balaban J connectivity index is 2.81. The summed E-state index contributed by atoms with van der Waals surface area (Å²) in [6, 6.07) is 0. The number of aryl methyl sites for hydroxylation is 1. The van der Waals surface area contributed by atoms with E-state index in [-0.39, 0.29) is 12.4 Å². The van der Waals surface area contributed by atoms with Crippen molar-refractivity contribution in [2.75, 3.05) is 30.7 Å². The van der Waals surface area contributed by atoms with E-state index < -0.39 is 0 Å². The molecule has 8 heteroatoms. The highest BCUT2D eigenvalue weighted by Gasteiger charge is 2.08. The molecule has 0 bridgehead atoms. The number of hydrogen-bond acceptors (Lipinski definition) is 7. The van der Waals surface area contributed by atoms with Gasteiger partial charge in [-0.3, -0.25) is 0 Å². The van der Waals surface area contributed by atoms with E-state index in [4.69, 9.17) is 11.1 Å². The van der Waals surface area contributed by atoms with E-state index in [1.165, 1.54) is 0 Å². The summed E-state index contributed by atoms with van der Waals surface area (Å²) >= 11 is 0. The van der Waals surface area contributed by atoms with Gasteiger partial charge in [0.05, 0.1) is 11.8 Å². The van der Waals surface area contributed by atoms with E-state index in [9.17, 15) is 4.48 Å². The number of nitrogen functional groups attached to an aromatic ring is 1. The maximum absolute atomic E-state index is 12.3. The normalized spacial score (nSPS) is 12.2. The van der Waals surface area contributed by atoms with Gasteiger partial charge in [-0.05, 0) is 19.0 Å². The zero-order chi connectivity index (χ0) is 17.1. The van der Waals surface area contributed by atoms with Crippen LogP contribution >= 0.6 is 0 Å². The van der Waals surface area contributed by atoms with Crippen LogP contribution in [0.3, 0.4) is 0 Å². The van der Waals surface area contributed by atoms with Gasteiger partial charge in [0.25, 0.3) is 0 Å². The van der Waals surface area contributed by atoms with Crippen molar-refractivity contribution in [3.05, 3.63) is 35.2 Å². The molecule has 0 amide bonds. The molecule has 124 valence electrons. The van der Waals surface area contributed by atoms with E-state index in [0.717, 1.165) is 25.5 Å².